The summed E-state index contributed by atoms with van der Waals surface area (Å²) in [5, 5.41) is 0. The van der Waals surface area contributed by atoms with E-state index in [1.807, 2.05) is 0 Å². The number of carbonyl (C=O) groups is 1. The summed E-state index contributed by atoms with van der Waals surface area (Å²) >= 11 is 1.62. The van der Waals surface area contributed by atoms with E-state index in [4.69, 9.17) is 11.5 Å². The molecule has 2 rings (SSSR count). The zero-order chi connectivity index (χ0) is 13.3. The fraction of sp³-hybridized carbons (Fsp3) is 0.500. The average Bonchev–Trinajstić information content (AvgIpc) is 3.14. The first kappa shape index (κ1) is 13.4. The zero-order valence-corrected chi connectivity index (χ0v) is 11.7. The Bertz CT molecular complexity index is 471. The Morgan fingerprint density at radius 3 is 2.56 bits per heavy atom. The van der Waals surface area contributed by atoms with E-state index >= 15 is 0 Å². The predicted molar refractivity (Wildman–Crippen MR) is 75.5 cm³/mol. The number of carbonyl (C=O) groups excluding carboxylic acids is 1. The van der Waals surface area contributed by atoms with Gasteiger partial charge in [-0.1, -0.05) is 6.07 Å². The quantitative estimate of drug-likeness (QED) is 0.799. The van der Waals surface area contributed by atoms with Gasteiger partial charge in [-0.3, -0.25) is 4.79 Å². The monoisotopic (exact) mass is 264 g/mol. The van der Waals surface area contributed by atoms with E-state index < -0.39 is 5.54 Å². The second-order valence-electron chi connectivity index (χ2n) is 5.21. The highest BCUT2D eigenvalue weighted by atomic mass is 32.2. The fourth-order valence-corrected chi connectivity index (χ4v) is 3.20. The Labute approximate surface area is 112 Å². The number of primary amides is 1. The number of nitrogens with two attached hydrogens (primary N) is 2. The minimum Gasteiger partial charge on any atom is -0.368 e. The van der Waals surface area contributed by atoms with E-state index in [0.717, 1.165) is 17.7 Å². The van der Waals surface area contributed by atoms with Crippen LogP contribution in [0.1, 0.15) is 24.0 Å². The molecule has 0 spiro atoms. The van der Waals surface area contributed by atoms with Crippen molar-refractivity contribution in [3.63, 3.8) is 0 Å². The van der Waals surface area contributed by atoms with Crippen molar-refractivity contribution in [3.05, 3.63) is 29.3 Å². The number of benzene rings is 1. The third kappa shape index (κ3) is 2.70. The van der Waals surface area contributed by atoms with Gasteiger partial charge in [0.25, 0.3) is 0 Å². The Hall–Kier alpha value is -1.00. The van der Waals surface area contributed by atoms with Crippen molar-refractivity contribution < 1.29 is 4.79 Å². The standard InChI is InChI=1S/C14H20N2OS/c1-9-3-6-12(7-10(9)2)18-8-14(16,13(15)17)11-4-5-11/h3,6-7,11H,4-5,8,16H2,1-2H3,(H2,15,17). The number of aryl methyl sites for hydroxylation is 2. The minimum absolute atomic E-state index is 0.272. The van der Waals surface area contributed by atoms with Crippen molar-refractivity contribution in [2.45, 2.75) is 37.1 Å². The van der Waals surface area contributed by atoms with E-state index in [1.54, 1.807) is 11.8 Å². The zero-order valence-electron chi connectivity index (χ0n) is 10.9. The third-order valence-electron chi connectivity index (χ3n) is 3.72. The SMILES string of the molecule is Cc1ccc(SCC(N)(C(N)=O)C2CC2)cc1C. The van der Waals surface area contributed by atoms with Crippen LogP contribution in [0.25, 0.3) is 0 Å². The van der Waals surface area contributed by atoms with Crippen molar-refractivity contribution in [1.82, 2.24) is 0 Å². The Balaban J connectivity index is 2.05. The lowest BCUT2D eigenvalue weighted by Crippen LogP contribution is -2.56. The minimum atomic E-state index is -0.844. The maximum atomic E-state index is 11.5. The summed E-state index contributed by atoms with van der Waals surface area (Å²) in [6.45, 7) is 4.18. The first-order valence-electron chi connectivity index (χ1n) is 6.22. The van der Waals surface area contributed by atoms with Crippen LogP contribution in [-0.4, -0.2) is 17.2 Å². The molecule has 1 aromatic carbocycles. The Morgan fingerprint density at radius 1 is 1.39 bits per heavy atom. The maximum absolute atomic E-state index is 11.5. The molecule has 1 fully saturated rings. The lowest BCUT2D eigenvalue weighted by atomic mass is 9.96. The maximum Gasteiger partial charge on any atom is 0.238 e. The van der Waals surface area contributed by atoms with Crippen LogP contribution in [0.3, 0.4) is 0 Å². The largest absolute Gasteiger partial charge is 0.368 e. The van der Waals surface area contributed by atoms with E-state index in [0.29, 0.717) is 5.75 Å². The second-order valence-corrected chi connectivity index (χ2v) is 6.26. The van der Waals surface area contributed by atoms with Crippen molar-refractivity contribution in [2.75, 3.05) is 5.75 Å². The van der Waals surface area contributed by atoms with Crippen LogP contribution in [0.15, 0.2) is 23.1 Å². The van der Waals surface area contributed by atoms with E-state index in [1.165, 1.54) is 11.1 Å². The van der Waals surface area contributed by atoms with Crippen LogP contribution in [-0.2, 0) is 4.79 Å². The molecule has 4 N–H and O–H groups in total. The van der Waals surface area contributed by atoms with Gasteiger partial charge in [0.05, 0.1) is 0 Å². The van der Waals surface area contributed by atoms with Gasteiger partial charge in [0.15, 0.2) is 0 Å². The number of hydrogen-bond donors (Lipinski definition) is 2. The van der Waals surface area contributed by atoms with Crippen molar-refractivity contribution in [2.24, 2.45) is 17.4 Å². The summed E-state index contributed by atoms with van der Waals surface area (Å²) in [5.41, 5.74) is 13.3. The first-order valence-corrected chi connectivity index (χ1v) is 7.21. The molecule has 1 aromatic rings. The molecule has 98 valence electrons. The van der Waals surface area contributed by atoms with Gasteiger partial charge in [-0.2, -0.15) is 0 Å². The molecular formula is C14H20N2OS. The van der Waals surface area contributed by atoms with E-state index in [9.17, 15) is 4.79 Å². The fourth-order valence-electron chi connectivity index (χ4n) is 2.00. The summed E-state index contributed by atoms with van der Waals surface area (Å²) in [6, 6.07) is 6.30. The van der Waals surface area contributed by atoms with Crippen LogP contribution >= 0.6 is 11.8 Å². The highest BCUT2D eigenvalue weighted by molar-refractivity contribution is 7.99. The van der Waals surface area contributed by atoms with Crippen molar-refractivity contribution in [1.29, 1.82) is 0 Å². The summed E-state index contributed by atoms with van der Waals surface area (Å²) in [5.74, 6) is 0.463. The van der Waals surface area contributed by atoms with E-state index in [-0.39, 0.29) is 11.8 Å². The Morgan fingerprint density at radius 2 is 2.06 bits per heavy atom. The smallest absolute Gasteiger partial charge is 0.238 e. The van der Waals surface area contributed by atoms with Crippen LogP contribution < -0.4 is 11.5 Å². The molecule has 0 radical (unpaired) electrons. The first-order chi connectivity index (χ1) is 8.43. The molecule has 0 aromatic heterocycles. The lowest BCUT2D eigenvalue weighted by Gasteiger charge is -2.25. The molecule has 1 saturated carbocycles. The summed E-state index contributed by atoms with van der Waals surface area (Å²) in [6.07, 6.45) is 2.04. The summed E-state index contributed by atoms with van der Waals surface area (Å²) in [7, 11) is 0. The van der Waals surface area contributed by atoms with Gasteiger partial charge >= 0.3 is 0 Å². The molecule has 0 aliphatic heterocycles. The molecule has 1 aliphatic rings. The molecule has 3 nitrogen and oxygen atoms in total. The van der Waals surface area contributed by atoms with Gasteiger partial charge in [-0.15, -0.1) is 11.8 Å². The van der Waals surface area contributed by atoms with Gasteiger partial charge in [0.2, 0.25) is 5.91 Å². The number of hydrogen-bond acceptors (Lipinski definition) is 3. The molecular weight excluding hydrogens is 244 g/mol. The second kappa shape index (κ2) is 4.94. The van der Waals surface area contributed by atoms with Crippen molar-refractivity contribution >= 4 is 17.7 Å². The topological polar surface area (TPSA) is 69.1 Å². The molecule has 1 atom stereocenters. The van der Waals surface area contributed by atoms with Gasteiger partial charge < -0.3 is 11.5 Å². The normalized spacial score (nSPS) is 18.4. The van der Waals surface area contributed by atoms with Gasteiger partial charge in [0.1, 0.15) is 5.54 Å². The molecule has 1 amide bonds. The molecule has 1 unspecified atom stereocenters. The van der Waals surface area contributed by atoms with Crippen LogP contribution in [0.5, 0.6) is 0 Å². The molecule has 0 heterocycles. The highest BCUT2D eigenvalue weighted by Gasteiger charge is 2.46. The highest BCUT2D eigenvalue weighted by Crippen LogP contribution is 2.40. The van der Waals surface area contributed by atoms with Crippen molar-refractivity contribution in [3.8, 4) is 0 Å². The third-order valence-corrected chi connectivity index (χ3v) is 4.93. The number of thioether (sulfide) groups is 1. The summed E-state index contributed by atoms with van der Waals surface area (Å²) in [4.78, 5) is 12.7. The van der Waals surface area contributed by atoms with Gasteiger partial charge in [0, 0.05) is 10.6 Å². The van der Waals surface area contributed by atoms with Gasteiger partial charge in [-0.05, 0) is 55.9 Å². The molecule has 0 saturated heterocycles. The van der Waals surface area contributed by atoms with Gasteiger partial charge in [-0.25, -0.2) is 0 Å². The molecule has 4 heteroatoms. The summed E-state index contributed by atoms with van der Waals surface area (Å²) < 4.78 is 0. The molecule has 1 aliphatic carbocycles. The predicted octanol–water partition coefficient (Wildman–Crippen LogP) is 1.99. The van der Waals surface area contributed by atoms with Crippen LogP contribution in [0, 0.1) is 19.8 Å². The molecule has 18 heavy (non-hydrogen) atoms. The molecule has 0 bridgehead atoms. The lowest BCUT2D eigenvalue weighted by molar-refractivity contribution is -0.123. The number of amides is 1. The number of rotatable bonds is 5. The van der Waals surface area contributed by atoms with Crippen LogP contribution in [0.4, 0.5) is 0 Å². The van der Waals surface area contributed by atoms with Crippen LogP contribution in [0.2, 0.25) is 0 Å². The van der Waals surface area contributed by atoms with E-state index in [2.05, 4.69) is 32.0 Å². The Kier molecular flexibility index (Phi) is 3.69. The average molecular weight is 264 g/mol.